The zero-order valence-corrected chi connectivity index (χ0v) is 7.80. The largest absolute Gasteiger partial charge is 0.333 e. The van der Waals surface area contributed by atoms with Crippen LogP contribution in [0, 0.1) is 6.92 Å². The average Bonchev–Trinajstić information content (AvgIpc) is 2.33. The van der Waals surface area contributed by atoms with E-state index in [-0.39, 0.29) is 0 Å². The van der Waals surface area contributed by atoms with Gasteiger partial charge in [0, 0.05) is 25.7 Å². The minimum atomic E-state index is 0.995. The molecule has 3 nitrogen and oxygen atoms in total. The van der Waals surface area contributed by atoms with E-state index in [1.54, 1.807) is 17.5 Å². The zero-order chi connectivity index (χ0) is 8.55. The molecule has 0 saturated carbocycles. The predicted octanol–water partition coefficient (Wildman–Crippen LogP) is 1.79. The summed E-state index contributed by atoms with van der Waals surface area (Å²) in [5.74, 6) is 0.995. The first-order chi connectivity index (χ1) is 5.77. The van der Waals surface area contributed by atoms with Crippen LogP contribution in [-0.4, -0.2) is 18.2 Å². The fraction of sp³-hybridized carbons (Fsp3) is 0.250. The number of fused-ring (bicyclic) bond motifs is 1. The van der Waals surface area contributed by atoms with Crippen molar-refractivity contribution in [2.45, 2.75) is 6.92 Å². The topological polar surface area (TPSA) is 28.5 Å². The van der Waals surface area contributed by atoms with Crippen molar-refractivity contribution < 1.29 is 0 Å². The van der Waals surface area contributed by atoms with Gasteiger partial charge in [-0.3, -0.25) is 4.99 Å². The van der Waals surface area contributed by atoms with Gasteiger partial charge in [0.1, 0.15) is 0 Å². The molecule has 0 bridgehead atoms. The molecule has 0 aromatic carbocycles. The highest BCUT2D eigenvalue weighted by Crippen LogP contribution is 2.24. The average molecular weight is 179 g/mol. The molecule has 4 heteroatoms. The van der Waals surface area contributed by atoms with Crippen LogP contribution >= 0.6 is 11.3 Å². The summed E-state index contributed by atoms with van der Waals surface area (Å²) in [7, 11) is 1.98. The van der Waals surface area contributed by atoms with Crippen molar-refractivity contribution in [2.75, 3.05) is 11.9 Å². The zero-order valence-electron chi connectivity index (χ0n) is 6.98. The molecule has 0 atom stereocenters. The molecule has 0 unspecified atom stereocenters. The highest BCUT2D eigenvalue weighted by molar-refractivity contribution is 7.13. The van der Waals surface area contributed by atoms with E-state index in [0.717, 1.165) is 15.7 Å². The Kier molecular flexibility index (Phi) is 1.69. The second-order valence-electron chi connectivity index (χ2n) is 2.61. The smallest absolute Gasteiger partial charge is 0.152 e. The third kappa shape index (κ3) is 1.14. The summed E-state index contributed by atoms with van der Waals surface area (Å²) in [6.45, 7) is 2.00. The number of nitrogens with zero attached hydrogens (tertiary/aromatic N) is 3. The van der Waals surface area contributed by atoms with Crippen LogP contribution in [0.25, 0.3) is 0 Å². The lowest BCUT2D eigenvalue weighted by atomic mass is 10.5. The summed E-state index contributed by atoms with van der Waals surface area (Å²) < 4.78 is 0. The van der Waals surface area contributed by atoms with Gasteiger partial charge in [-0.25, -0.2) is 4.98 Å². The Balaban J connectivity index is 2.55. The fourth-order valence-corrected chi connectivity index (χ4v) is 1.93. The summed E-state index contributed by atoms with van der Waals surface area (Å²) in [5, 5.41) is 1.08. The molecule has 0 fully saturated rings. The van der Waals surface area contributed by atoms with Gasteiger partial charge in [0.05, 0.1) is 9.88 Å². The van der Waals surface area contributed by atoms with E-state index in [1.165, 1.54) is 0 Å². The number of aliphatic imine (C=N–C) groups is 1. The van der Waals surface area contributed by atoms with Crippen molar-refractivity contribution in [3.05, 3.63) is 22.3 Å². The van der Waals surface area contributed by atoms with E-state index >= 15 is 0 Å². The highest BCUT2D eigenvalue weighted by atomic mass is 32.1. The molecule has 1 aromatic rings. The number of aromatic nitrogens is 1. The number of rotatable bonds is 0. The molecule has 1 aromatic heterocycles. The van der Waals surface area contributed by atoms with E-state index in [0.29, 0.717) is 0 Å². The summed E-state index contributed by atoms with van der Waals surface area (Å²) in [6, 6.07) is 0. The van der Waals surface area contributed by atoms with Gasteiger partial charge in [-0.05, 0) is 6.92 Å². The summed E-state index contributed by atoms with van der Waals surface area (Å²) >= 11 is 1.67. The van der Waals surface area contributed by atoms with Gasteiger partial charge in [-0.2, -0.15) is 0 Å². The maximum atomic E-state index is 4.39. The summed E-state index contributed by atoms with van der Waals surface area (Å²) in [5.41, 5.74) is 0. The number of hydrogen-bond acceptors (Lipinski definition) is 4. The molecule has 0 radical (unpaired) electrons. The molecule has 0 saturated heterocycles. The van der Waals surface area contributed by atoms with Crippen molar-refractivity contribution in [3.63, 3.8) is 0 Å². The molecule has 0 aliphatic carbocycles. The summed E-state index contributed by atoms with van der Waals surface area (Å²) in [4.78, 5) is 11.6. The predicted molar refractivity (Wildman–Crippen MR) is 52.0 cm³/mol. The van der Waals surface area contributed by atoms with E-state index in [4.69, 9.17) is 0 Å². The second kappa shape index (κ2) is 2.71. The van der Waals surface area contributed by atoms with Crippen LogP contribution in [0.3, 0.4) is 0 Å². The maximum Gasteiger partial charge on any atom is 0.152 e. The van der Waals surface area contributed by atoms with Crippen LogP contribution in [0.15, 0.2) is 17.4 Å². The molecule has 1 aliphatic heterocycles. The Hall–Kier alpha value is -1.16. The van der Waals surface area contributed by atoms with Crippen molar-refractivity contribution in [1.29, 1.82) is 0 Å². The highest BCUT2D eigenvalue weighted by Gasteiger charge is 2.10. The van der Waals surface area contributed by atoms with Crippen molar-refractivity contribution in [2.24, 2.45) is 4.99 Å². The number of hydrogen-bond donors (Lipinski definition) is 0. The lowest BCUT2D eigenvalue weighted by Crippen LogP contribution is -2.08. The maximum absolute atomic E-state index is 4.39. The second-order valence-corrected chi connectivity index (χ2v) is 3.84. The van der Waals surface area contributed by atoms with Gasteiger partial charge in [0.15, 0.2) is 5.82 Å². The molecular formula is C8H9N3S. The lowest BCUT2D eigenvalue weighted by Gasteiger charge is -2.08. The Bertz CT molecular complexity index is 351. The van der Waals surface area contributed by atoms with Gasteiger partial charge in [-0.1, -0.05) is 0 Å². The molecule has 1 aliphatic rings. The quantitative estimate of drug-likeness (QED) is 0.607. The molecular weight excluding hydrogens is 170 g/mol. The third-order valence-electron chi connectivity index (χ3n) is 1.64. The first-order valence-electron chi connectivity index (χ1n) is 3.67. The SMILES string of the molecule is Cc1nc2c(s1)C=NC=CN2C. The molecule has 2 rings (SSSR count). The monoisotopic (exact) mass is 179 g/mol. The molecule has 2 heterocycles. The fourth-order valence-electron chi connectivity index (χ4n) is 1.09. The number of thiazole rings is 1. The normalized spacial score (nSPS) is 14.7. The van der Waals surface area contributed by atoms with Gasteiger partial charge < -0.3 is 4.90 Å². The molecule has 0 N–H and O–H groups in total. The van der Waals surface area contributed by atoms with Crippen molar-refractivity contribution in [3.8, 4) is 0 Å². The Labute approximate surface area is 75.1 Å². The molecule has 12 heavy (non-hydrogen) atoms. The van der Waals surface area contributed by atoms with Crippen LogP contribution < -0.4 is 4.90 Å². The molecule has 62 valence electrons. The first kappa shape index (κ1) is 7.49. The Morgan fingerprint density at radius 2 is 2.33 bits per heavy atom. The van der Waals surface area contributed by atoms with Gasteiger partial charge in [0.2, 0.25) is 0 Å². The van der Waals surface area contributed by atoms with Crippen LogP contribution in [0.1, 0.15) is 9.88 Å². The van der Waals surface area contributed by atoms with Crippen molar-refractivity contribution in [1.82, 2.24) is 4.98 Å². The molecule has 0 spiro atoms. The number of anilines is 1. The standard InChI is InChI=1S/C8H9N3S/c1-6-10-8-7(12-6)5-9-3-4-11(8)2/h3-5H,1-2H3. The van der Waals surface area contributed by atoms with Gasteiger partial charge >= 0.3 is 0 Å². The number of aryl methyl sites for hydroxylation is 1. The van der Waals surface area contributed by atoms with Crippen molar-refractivity contribution >= 4 is 23.4 Å². The Morgan fingerprint density at radius 3 is 3.17 bits per heavy atom. The van der Waals surface area contributed by atoms with Crippen LogP contribution in [0.5, 0.6) is 0 Å². The Morgan fingerprint density at radius 1 is 1.50 bits per heavy atom. The van der Waals surface area contributed by atoms with E-state index < -0.39 is 0 Å². The van der Waals surface area contributed by atoms with Crippen LogP contribution in [0.2, 0.25) is 0 Å². The lowest BCUT2D eigenvalue weighted by molar-refractivity contribution is 1.12. The van der Waals surface area contributed by atoms with E-state index in [2.05, 4.69) is 9.98 Å². The minimum absolute atomic E-state index is 0.995. The van der Waals surface area contributed by atoms with E-state index in [1.807, 2.05) is 31.3 Å². The van der Waals surface area contributed by atoms with Crippen LogP contribution in [0.4, 0.5) is 5.82 Å². The van der Waals surface area contributed by atoms with Gasteiger partial charge in [-0.15, -0.1) is 11.3 Å². The van der Waals surface area contributed by atoms with E-state index in [9.17, 15) is 0 Å². The first-order valence-corrected chi connectivity index (χ1v) is 4.49. The minimum Gasteiger partial charge on any atom is -0.333 e. The summed E-state index contributed by atoms with van der Waals surface area (Å²) in [6.07, 6.45) is 5.52. The van der Waals surface area contributed by atoms with Crippen LogP contribution in [-0.2, 0) is 0 Å². The third-order valence-corrected chi connectivity index (χ3v) is 2.54. The van der Waals surface area contributed by atoms with Gasteiger partial charge in [0.25, 0.3) is 0 Å². The molecule has 0 amide bonds.